The van der Waals surface area contributed by atoms with Crippen molar-refractivity contribution in [1.82, 2.24) is 0 Å². The van der Waals surface area contributed by atoms with Gasteiger partial charge in [0.2, 0.25) is 5.75 Å². The second-order valence-corrected chi connectivity index (χ2v) is 5.13. The number of aliphatic carboxylic acids is 1. The Labute approximate surface area is 132 Å². The molecule has 3 N–H and O–H groups in total. The summed E-state index contributed by atoms with van der Waals surface area (Å²) >= 11 is 0. The van der Waals surface area contributed by atoms with E-state index in [-0.39, 0.29) is 23.5 Å². The molecule has 2 aromatic carbocycles. The van der Waals surface area contributed by atoms with Gasteiger partial charge in [0, 0.05) is 11.8 Å². The average Bonchev–Trinajstić information content (AvgIpc) is 2.48. The summed E-state index contributed by atoms with van der Waals surface area (Å²) in [6, 6.07) is 7.45. The van der Waals surface area contributed by atoms with E-state index in [0.717, 1.165) is 11.1 Å². The predicted molar refractivity (Wildman–Crippen MR) is 84.8 cm³/mol. The Balaban J connectivity index is 2.40. The van der Waals surface area contributed by atoms with Gasteiger partial charge in [0.05, 0.1) is 11.3 Å². The third kappa shape index (κ3) is 3.57. The molecule has 0 saturated carbocycles. The summed E-state index contributed by atoms with van der Waals surface area (Å²) in [5.74, 6) is -0.405. The van der Waals surface area contributed by atoms with Gasteiger partial charge in [-0.1, -0.05) is 6.07 Å². The molecule has 7 nitrogen and oxygen atoms in total. The monoisotopic (exact) mass is 316 g/mol. The number of nitro groups is 1. The van der Waals surface area contributed by atoms with Crippen LogP contribution in [-0.2, 0) is 11.2 Å². The lowest BCUT2D eigenvalue weighted by atomic mass is 10.00. The van der Waals surface area contributed by atoms with E-state index in [4.69, 9.17) is 15.6 Å². The van der Waals surface area contributed by atoms with Crippen LogP contribution in [0, 0.1) is 24.0 Å². The van der Waals surface area contributed by atoms with E-state index in [1.807, 2.05) is 0 Å². The molecule has 0 aromatic heterocycles. The number of rotatable bonds is 5. The van der Waals surface area contributed by atoms with Crippen molar-refractivity contribution in [2.24, 2.45) is 0 Å². The number of hydrogen-bond donors (Lipinski definition) is 2. The van der Waals surface area contributed by atoms with E-state index < -0.39 is 10.9 Å². The number of carboxylic acids is 1. The fraction of sp³-hybridized carbons (Fsp3) is 0.188. The number of nitrogens with two attached hydrogens (primary N) is 1. The van der Waals surface area contributed by atoms with Crippen molar-refractivity contribution >= 4 is 17.3 Å². The molecule has 0 saturated heterocycles. The molecule has 23 heavy (non-hydrogen) atoms. The van der Waals surface area contributed by atoms with Crippen molar-refractivity contribution in [3.63, 3.8) is 0 Å². The van der Waals surface area contributed by atoms with Crippen LogP contribution in [0.4, 0.5) is 11.4 Å². The van der Waals surface area contributed by atoms with Gasteiger partial charge in [-0.05, 0) is 48.7 Å². The van der Waals surface area contributed by atoms with Gasteiger partial charge < -0.3 is 15.6 Å². The zero-order valence-electron chi connectivity index (χ0n) is 12.7. The van der Waals surface area contributed by atoms with Crippen LogP contribution in [0.5, 0.6) is 11.5 Å². The summed E-state index contributed by atoms with van der Waals surface area (Å²) < 4.78 is 5.65. The number of hydrogen-bond acceptors (Lipinski definition) is 5. The molecule has 0 heterocycles. The van der Waals surface area contributed by atoms with Crippen LogP contribution in [0.1, 0.15) is 16.7 Å². The molecule has 2 aromatic rings. The molecule has 0 aliphatic carbocycles. The van der Waals surface area contributed by atoms with Crippen LogP contribution in [0.15, 0.2) is 30.3 Å². The highest BCUT2D eigenvalue weighted by atomic mass is 16.6. The summed E-state index contributed by atoms with van der Waals surface area (Å²) in [7, 11) is 0. The van der Waals surface area contributed by atoms with E-state index in [2.05, 4.69) is 0 Å². The van der Waals surface area contributed by atoms with E-state index >= 15 is 0 Å². The Hall–Kier alpha value is -3.09. The second-order valence-electron chi connectivity index (χ2n) is 5.13. The van der Waals surface area contributed by atoms with E-state index in [0.29, 0.717) is 11.3 Å². The standard InChI is InChI=1S/C16H16N2O5/c1-9-10(2)14(5-3-11(9)7-16(19)20)23-15-6-4-12(17)8-13(15)18(21)22/h3-6,8H,7,17H2,1-2H3,(H,19,20). The second kappa shape index (κ2) is 6.35. The van der Waals surface area contributed by atoms with Crippen molar-refractivity contribution in [1.29, 1.82) is 0 Å². The molecule has 0 atom stereocenters. The Morgan fingerprint density at radius 2 is 1.87 bits per heavy atom. The number of anilines is 1. The number of carbonyl (C=O) groups is 1. The molecule has 0 amide bonds. The molecular formula is C16H16N2O5. The molecule has 0 fully saturated rings. The van der Waals surface area contributed by atoms with Crippen molar-refractivity contribution in [2.45, 2.75) is 20.3 Å². The maximum Gasteiger partial charge on any atom is 0.313 e. The summed E-state index contributed by atoms with van der Waals surface area (Å²) in [5, 5.41) is 20.0. The minimum absolute atomic E-state index is 0.0812. The zero-order chi connectivity index (χ0) is 17.1. The molecular weight excluding hydrogens is 300 g/mol. The van der Waals surface area contributed by atoms with E-state index in [9.17, 15) is 14.9 Å². The minimum Gasteiger partial charge on any atom is -0.481 e. The number of benzene rings is 2. The Kier molecular flexibility index (Phi) is 4.49. The number of nitrogen functional groups attached to an aromatic ring is 1. The van der Waals surface area contributed by atoms with Gasteiger partial charge in [-0.25, -0.2) is 0 Å². The number of carboxylic acid groups (broad SMARTS) is 1. The smallest absolute Gasteiger partial charge is 0.313 e. The fourth-order valence-corrected chi connectivity index (χ4v) is 2.20. The van der Waals surface area contributed by atoms with Crippen molar-refractivity contribution in [2.75, 3.05) is 5.73 Å². The van der Waals surface area contributed by atoms with Gasteiger partial charge in [0.1, 0.15) is 5.75 Å². The fourth-order valence-electron chi connectivity index (χ4n) is 2.20. The summed E-state index contributed by atoms with van der Waals surface area (Å²) in [6.45, 7) is 3.57. The number of nitrogens with zero attached hydrogens (tertiary/aromatic N) is 1. The van der Waals surface area contributed by atoms with Gasteiger partial charge in [-0.3, -0.25) is 14.9 Å². The van der Waals surface area contributed by atoms with E-state index in [1.165, 1.54) is 18.2 Å². The van der Waals surface area contributed by atoms with Gasteiger partial charge in [-0.15, -0.1) is 0 Å². The zero-order valence-corrected chi connectivity index (χ0v) is 12.7. The van der Waals surface area contributed by atoms with Gasteiger partial charge in [0.15, 0.2) is 0 Å². The number of ether oxygens (including phenoxy) is 1. The van der Waals surface area contributed by atoms with Gasteiger partial charge in [0.25, 0.3) is 0 Å². The lowest BCUT2D eigenvalue weighted by molar-refractivity contribution is -0.385. The van der Waals surface area contributed by atoms with Crippen LogP contribution in [-0.4, -0.2) is 16.0 Å². The highest BCUT2D eigenvalue weighted by Crippen LogP contribution is 2.35. The SMILES string of the molecule is Cc1c(CC(=O)O)ccc(Oc2ccc(N)cc2[N+](=O)[O-])c1C. The molecule has 0 spiro atoms. The molecule has 0 radical (unpaired) electrons. The van der Waals surface area contributed by atoms with Crippen molar-refractivity contribution < 1.29 is 19.6 Å². The summed E-state index contributed by atoms with van der Waals surface area (Å²) in [5.41, 5.74) is 7.80. The van der Waals surface area contributed by atoms with Crippen LogP contribution in [0.25, 0.3) is 0 Å². The van der Waals surface area contributed by atoms with Crippen molar-refractivity contribution in [3.05, 3.63) is 57.1 Å². The van der Waals surface area contributed by atoms with Gasteiger partial charge >= 0.3 is 11.7 Å². The third-order valence-corrected chi connectivity index (χ3v) is 3.59. The maximum absolute atomic E-state index is 11.1. The lowest BCUT2D eigenvalue weighted by Gasteiger charge is -2.13. The first-order valence-electron chi connectivity index (χ1n) is 6.82. The molecule has 2 rings (SSSR count). The third-order valence-electron chi connectivity index (χ3n) is 3.59. The van der Waals surface area contributed by atoms with Crippen LogP contribution in [0.2, 0.25) is 0 Å². The topological polar surface area (TPSA) is 116 Å². The molecule has 120 valence electrons. The quantitative estimate of drug-likeness (QED) is 0.497. The average molecular weight is 316 g/mol. The summed E-state index contributed by atoms with van der Waals surface area (Å²) in [6.07, 6.45) is -0.0883. The summed E-state index contributed by atoms with van der Waals surface area (Å²) in [4.78, 5) is 21.4. The molecule has 0 unspecified atom stereocenters. The first-order chi connectivity index (χ1) is 10.8. The number of nitro benzene ring substituents is 1. The largest absolute Gasteiger partial charge is 0.481 e. The first kappa shape index (κ1) is 16.3. The molecule has 0 aliphatic heterocycles. The van der Waals surface area contributed by atoms with Crippen molar-refractivity contribution in [3.8, 4) is 11.5 Å². The molecule has 0 bridgehead atoms. The maximum atomic E-state index is 11.1. The van der Waals surface area contributed by atoms with E-state index in [1.54, 1.807) is 26.0 Å². The molecule has 0 aliphatic rings. The highest BCUT2D eigenvalue weighted by molar-refractivity contribution is 5.71. The Bertz CT molecular complexity index is 786. The Morgan fingerprint density at radius 3 is 2.48 bits per heavy atom. The normalized spacial score (nSPS) is 10.3. The van der Waals surface area contributed by atoms with Gasteiger partial charge in [-0.2, -0.15) is 0 Å². The first-order valence-corrected chi connectivity index (χ1v) is 6.82. The van der Waals surface area contributed by atoms with Crippen LogP contribution >= 0.6 is 0 Å². The lowest BCUT2D eigenvalue weighted by Crippen LogP contribution is -2.04. The highest BCUT2D eigenvalue weighted by Gasteiger charge is 2.18. The predicted octanol–water partition coefficient (Wildman–Crippen LogP) is 3.21. The van der Waals surface area contributed by atoms with Crippen LogP contribution < -0.4 is 10.5 Å². The van der Waals surface area contributed by atoms with Crippen LogP contribution in [0.3, 0.4) is 0 Å². The Morgan fingerprint density at radius 1 is 1.22 bits per heavy atom. The minimum atomic E-state index is -0.921. The molecule has 7 heteroatoms.